The van der Waals surface area contributed by atoms with Gasteiger partial charge in [0.15, 0.2) is 0 Å². The van der Waals surface area contributed by atoms with Gasteiger partial charge in [0.2, 0.25) is 11.8 Å². The van der Waals surface area contributed by atoms with Crippen molar-refractivity contribution in [2.45, 2.75) is 38.2 Å². The van der Waals surface area contributed by atoms with Crippen molar-refractivity contribution in [1.29, 1.82) is 0 Å². The van der Waals surface area contributed by atoms with E-state index in [2.05, 4.69) is 19.2 Å². The van der Waals surface area contributed by atoms with Gasteiger partial charge in [-0.25, -0.2) is 0 Å². The number of thioether (sulfide) groups is 1. The Hall–Kier alpha value is -1.24. The fourth-order valence-corrected chi connectivity index (χ4v) is 4.40. The average Bonchev–Trinajstić information content (AvgIpc) is 3.00. The lowest BCUT2D eigenvalue weighted by atomic mass is 10.1. The number of carbonyl (C=O) groups excluding carboxylic acids is 2. The van der Waals surface area contributed by atoms with Crippen molar-refractivity contribution in [3.8, 4) is 0 Å². The molecule has 1 heterocycles. The molecule has 3 atom stereocenters. The van der Waals surface area contributed by atoms with Crippen molar-refractivity contribution < 1.29 is 14.3 Å². The fraction of sp³-hybridized carbons (Fsp3) is 0.556. The van der Waals surface area contributed by atoms with Crippen LogP contribution in [-0.2, 0) is 14.3 Å². The predicted molar refractivity (Wildman–Crippen MR) is 102 cm³/mol. The second kappa shape index (κ2) is 8.92. The Morgan fingerprint density at radius 3 is 2.64 bits per heavy atom. The number of amides is 2. The molecule has 0 aliphatic carbocycles. The lowest BCUT2D eigenvalue weighted by Crippen LogP contribution is -2.51. The van der Waals surface area contributed by atoms with E-state index in [4.69, 9.17) is 16.3 Å². The number of hydrogen-bond donors (Lipinski definition) is 1. The Labute approximate surface area is 158 Å². The number of nitrogens with zero attached hydrogens (tertiary/aromatic N) is 1. The molecule has 7 heteroatoms. The smallest absolute Gasteiger partial charge is 0.250 e. The molecule has 5 nitrogen and oxygen atoms in total. The summed E-state index contributed by atoms with van der Waals surface area (Å²) in [7, 11) is 1.47. The van der Waals surface area contributed by atoms with Gasteiger partial charge < -0.3 is 15.0 Å². The minimum absolute atomic E-state index is 0.0382. The van der Waals surface area contributed by atoms with E-state index in [9.17, 15) is 9.59 Å². The Morgan fingerprint density at radius 1 is 1.36 bits per heavy atom. The maximum Gasteiger partial charge on any atom is 0.250 e. The average molecular weight is 385 g/mol. The third-order valence-corrected chi connectivity index (χ3v) is 6.05. The molecule has 0 saturated carbocycles. The molecule has 1 aliphatic rings. The highest BCUT2D eigenvalue weighted by Gasteiger charge is 2.43. The van der Waals surface area contributed by atoms with E-state index in [0.717, 1.165) is 5.56 Å². The summed E-state index contributed by atoms with van der Waals surface area (Å²) in [4.78, 5) is 27.0. The zero-order valence-electron chi connectivity index (χ0n) is 15.0. The lowest BCUT2D eigenvalue weighted by molar-refractivity contribution is -0.143. The van der Waals surface area contributed by atoms with E-state index < -0.39 is 6.04 Å². The highest BCUT2D eigenvalue weighted by molar-refractivity contribution is 7.99. The number of benzene rings is 1. The van der Waals surface area contributed by atoms with Crippen molar-refractivity contribution in [2.75, 3.05) is 19.5 Å². The summed E-state index contributed by atoms with van der Waals surface area (Å²) in [6, 6.07) is 6.93. The van der Waals surface area contributed by atoms with E-state index in [1.165, 1.54) is 7.11 Å². The van der Waals surface area contributed by atoms with Crippen LogP contribution >= 0.6 is 23.4 Å². The Morgan fingerprint density at radius 2 is 2.04 bits per heavy atom. The lowest BCUT2D eigenvalue weighted by Gasteiger charge is -2.30. The van der Waals surface area contributed by atoms with Gasteiger partial charge in [-0.1, -0.05) is 43.6 Å². The molecule has 0 radical (unpaired) electrons. The molecule has 1 saturated heterocycles. The van der Waals surface area contributed by atoms with Crippen LogP contribution in [-0.4, -0.2) is 48.3 Å². The third-order valence-electron chi connectivity index (χ3n) is 4.40. The monoisotopic (exact) mass is 384 g/mol. The third kappa shape index (κ3) is 4.68. The van der Waals surface area contributed by atoms with E-state index in [1.807, 2.05) is 25.1 Å². The number of methoxy groups -OCH3 is 1. The van der Waals surface area contributed by atoms with Crippen LogP contribution in [0.3, 0.4) is 0 Å². The molecule has 0 aromatic heterocycles. The SMILES string of the molecule is COCC(=O)N1[C@@H](c2ccccc2Cl)SC[C@H]1C(=O)N[C@H](C)C(C)C. The van der Waals surface area contributed by atoms with Gasteiger partial charge in [-0.05, 0) is 18.9 Å². The highest BCUT2D eigenvalue weighted by Crippen LogP contribution is 2.43. The number of rotatable bonds is 6. The molecule has 0 spiro atoms. The van der Waals surface area contributed by atoms with Crippen molar-refractivity contribution in [3.63, 3.8) is 0 Å². The van der Waals surface area contributed by atoms with Gasteiger partial charge in [0.1, 0.15) is 18.0 Å². The van der Waals surface area contributed by atoms with Gasteiger partial charge in [-0.2, -0.15) is 0 Å². The molecule has 2 rings (SSSR count). The first-order chi connectivity index (χ1) is 11.9. The molecule has 1 aliphatic heterocycles. The number of hydrogen-bond acceptors (Lipinski definition) is 4. The van der Waals surface area contributed by atoms with Gasteiger partial charge in [-0.15, -0.1) is 11.8 Å². The summed E-state index contributed by atoms with van der Waals surface area (Å²) in [5.74, 6) is 0.505. The topological polar surface area (TPSA) is 58.6 Å². The first kappa shape index (κ1) is 20.1. The van der Waals surface area contributed by atoms with E-state index in [1.54, 1.807) is 22.7 Å². The molecular formula is C18H25ClN2O3S. The van der Waals surface area contributed by atoms with Crippen LogP contribution in [0.4, 0.5) is 0 Å². The van der Waals surface area contributed by atoms with Crippen molar-refractivity contribution in [2.24, 2.45) is 5.92 Å². The Bertz CT molecular complexity index is 626. The predicted octanol–water partition coefficient (Wildman–Crippen LogP) is 3.09. The molecule has 1 aromatic carbocycles. The van der Waals surface area contributed by atoms with Crippen LogP contribution in [0.2, 0.25) is 5.02 Å². The maximum absolute atomic E-state index is 12.7. The number of carbonyl (C=O) groups is 2. The molecule has 1 fully saturated rings. The van der Waals surface area contributed by atoms with Gasteiger partial charge in [0, 0.05) is 29.5 Å². The summed E-state index contributed by atoms with van der Waals surface area (Å²) in [6.07, 6.45) is 0. The molecule has 1 aromatic rings. The van der Waals surface area contributed by atoms with Crippen LogP contribution in [0.1, 0.15) is 31.7 Å². The second-order valence-corrected chi connectivity index (χ2v) is 8.02. The molecule has 138 valence electrons. The highest BCUT2D eigenvalue weighted by atomic mass is 35.5. The van der Waals surface area contributed by atoms with Gasteiger partial charge in [0.05, 0.1) is 0 Å². The normalized spacial score (nSPS) is 21.4. The maximum atomic E-state index is 12.7. The first-order valence-corrected chi connectivity index (χ1v) is 9.76. The quantitative estimate of drug-likeness (QED) is 0.818. The van der Waals surface area contributed by atoms with Gasteiger partial charge >= 0.3 is 0 Å². The van der Waals surface area contributed by atoms with Crippen LogP contribution in [0.5, 0.6) is 0 Å². The number of nitrogens with one attached hydrogen (secondary N) is 1. The van der Waals surface area contributed by atoms with Crippen molar-refractivity contribution >= 4 is 35.2 Å². The molecule has 0 unspecified atom stereocenters. The van der Waals surface area contributed by atoms with E-state index in [-0.39, 0.29) is 29.8 Å². The Kier molecular flexibility index (Phi) is 7.16. The second-order valence-electron chi connectivity index (χ2n) is 6.50. The zero-order chi connectivity index (χ0) is 18.6. The van der Waals surface area contributed by atoms with E-state index in [0.29, 0.717) is 16.7 Å². The summed E-state index contributed by atoms with van der Waals surface area (Å²) in [5, 5.41) is 3.31. The van der Waals surface area contributed by atoms with Crippen LogP contribution in [0, 0.1) is 5.92 Å². The largest absolute Gasteiger partial charge is 0.375 e. The fourth-order valence-electron chi connectivity index (χ4n) is 2.61. The minimum atomic E-state index is -0.532. The first-order valence-electron chi connectivity index (χ1n) is 8.33. The number of ether oxygens (including phenoxy) is 1. The molecule has 2 amide bonds. The molecule has 25 heavy (non-hydrogen) atoms. The summed E-state index contributed by atoms with van der Waals surface area (Å²) >= 11 is 7.87. The van der Waals surface area contributed by atoms with E-state index >= 15 is 0 Å². The summed E-state index contributed by atoms with van der Waals surface area (Å²) in [6.45, 7) is 6.01. The Balaban J connectivity index is 2.27. The molecule has 0 bridgehead atoms. The minimum Gasteiger partial charge on any atom is -0.375 e. The van der Waals surface area contributed by atoms with Crippen molar-refractivity contribution in [3.05, 3.63) is 34.9 Å². The van der Waals surface area contributed by atoms with Gasteiger partial charge in [-0.3, -0.25) is 9.59 Å². The van der Waals surface area contributed by atoms with Gasteiger partial charge in [0.25, 0.3) is 0 Å². The summed E-state index contributed by atoms with van der Waals surface area (Å²) < 4.78 is 5.01. The van der Waals surface area contributed by atoms with Crippen molar-refractivity contribution in [1.82, 2.24) is 10.2 Å². The molecular weight excluding hydrogens is 360 g/mol. The van der Waals surface area contributed by atoms with Crippen LogP contribution in [0.15, 0.2) is 24.3 Å². The molecule has 1 N–H and O–H groups in total. The zero-order valence-corrected chi connectivity index (χ0v) is 16.6. The van der Waals surface area contributed by atoms with Crippen LogP contribution < -0.4 is 5.32 Å². The van der Waals surface area contributed by atoms with Crippen LogP contribution in [0.25, 0.3) is 0 Å². The number of halogens is 1. The standard InChI is InChI=1S/C18H25ClN2O3S/c1-11(2)12(3)20-17(23)15-10-25-18(21(15)16(22)9-24-4)13-7-5-6-8-14(13)19/h5-8,11-12,15,18H,9-10H2,1-4H3,(H,20,23)/t12-,15+,18-/m1/s1. The summed E-state index contributed by atoms with van der Waals surface area (Å²) in [5.41, 5.74) is 0.839.